The van der Waals surface area contributed by atoms with Crippen molar-refractivity contribution >= 4 is 28.4 Å². The average Bonchev–Trinajstić information content (AvgIpc) is 2.75. The second-order valence-corrected chi connectivity index (χ2v) is 6.12. The van der Waals surface area contributed by atoms with Crippen LogP contribution in [0.25, 0.3) is 0 Å². The van der Waals surface area contributed by atoms with Gasteiger partial charge in [0.05, 0.1) is 24.7 Å². The van der Waals surface area contributed by atoms with E-state index in [2.05, 4.69) is 22.6 Å². The third kappa shape index (κ3) is 2.48. The van der Waals surface area contributed by atoms with E-state index >= 15 is 0 Å². The molecule has 94 valence electrons. The Morgan fingerprint density at radius 2 is 2.35 bits per heavy atom. The molecule has 1 aliphatic carbocycles. The Morgan fingerprint density at radius 1 is 1.65 bits per heavy atom. The summed E-state index contributed by atoms with van der Waals surface area (Å²) in [4.78, 5) is 11.9. The Morgan fingerprint density at radius 3 is 2.94 bits per heavy atom. The molecule has 0 bridgehead atoms. The summed E-state index contributed by atoms with van der Waals surface area (Å²) in [6, 6.07) is 0. The zero-order chi connectivity index (χ0) is 12.7. The summed E-state index contributed by atoms with van der Waals surface area (Å²) in [5.41, 5.74) is 0.262. The highest BCUT2D eigenvalue weighted by Crippen LogP contribution is 2.43. The molecule has 0 aromatic heterocycles. The summed E-state index contributed by atoms with van der Waals surface area (Å²) in [6.07, 6.45) is 3.48. The van der Waals surface area contributed by atoms with E-state index in [0.717, 1.165) is 5.57 Å². The predicted molar refractivity (Wildman–Crippen MR) is 74.1 cm³/mol. The smallest absolute Gasteiger partial charge is 0.166 e. The van der Waals surface area contributed by atoms with Crippen LogP contribution in [0.1, 0.15) is 20.8 Å². The van der Waals surface area contributed by atoms with E-state index in [-0.39, 0.29) is 17.3 Å². The van der Waals surface area contributed by atoms with Crippen molar-refractivity contribution in [2.24, 2.45) is 5.92 Å². The first-order chi connectivity index (χ1) is 7.88. The Hall–Kier alpha value is -0.200. The van der Waals surface area contributed by atoms with E-state index in [1.807, 2.05) is 30.9 Å². The molecule has 4 heteroatoms. The molecule has 2 rings (SSSR count). The number of rotatable bonds is 2. The standard InChI is InChI=1S/C13H17IO3/c1-12(2,3)17-8-13-5-4-10(15)11(13)9(6-14)7-16-13/h4-6,11H,7-8H2,1-3H3/b9-6+/t11-,13-/m0/s1. The molecule has 17 heavy (non-hydrogen) atoms. The Kier molecular flexibility index (Phi) is 3.49. The molecular weight excluding hydrogens is 331 g/mol. The molecule has 0 N–H and O–H groups in total. The van der Waals surface area contributed by atoms with E-state index < -0.39 is 5.60 Å². The molecule has 0 radical (unpaired) electrons. The fourth-order valence-corrected chi connectivity index (χ4v) is 2.72. The fraction of sp³-hybridized carbons (Fsp3) is 0.615. The van der Waals surface area contributed by atoms with Crippen molar-refractivity contribution in [1.29, 1.82) is 0 Å². The van der Waals surface area contributed by atoms with Gasteiger partial charge in [0.25, 0.3) is 0 Å². The maximum absolute atomic E-state index is 11.9. The first kappa shape index (κ1) is 13.2. The number of hydrogen-bond donors (Lipinski definition) is 0. The van der Waals surface area contributed by atoms with Gasteiger partial charge in [0.2, 0.25) is 0 Å². The summed E-state index contributed by atoms with van der Waals surface area (Å²) >= 11 is 2.16. The molecule has 0 unspecified atom stereocenters. The van der Waals surface area contributed by atoms with Gasteiger partial charge in [0.1, 0.15) is 5.60 Å². The van der Waals surface area contributed by atoms with Crippen molar-refractivity contribution in [1.82, 2.24) is 0 Å². The summed E-state index contributed by atoms with van der Waals surface area (Å²) < 4.78 is 13.6. The van der Waals surface area contributed by atoms with E-state index in [1.54, 1.807) is 6.08 Å². The van der Waals surface area contributed by atoms with Gasteiger partial charge in [-0.2, -0.15) is 0 Å². The fourth-order valence-electron chi connectivity index (χ4n) is 2.18. The van der Waals surface area contributed by atoms with Crippen LogP contribution in [0.15, 0.2) is 21.8 Å². The SMILES string of the molecule is CC(C)(C)OC[C@@]12C=CC(=O)[C@@H]1/C(=C/I)CO2. The molecule has 3 nitrogen and oxygen atoms in total. The maximum atomic E-state index is 11.9. The molecule has 0 aromatic rings. The van der Waals surface area contributed by atoms with Crippen LogP contribution in [-0.2, 0) is 14.3 Å². The van der Waals surface area contributed by atoms with E-state index in [9.17, 15) is 4.79 Å². The van der Waals surface area contributed by atoms with E-state index in [0.29, 0.717) is 13.2 Å². The van der Waals surface area contributed by atoms with Crippen LogP contribution in [0.2, 0.25) is 0 Å². The molecule has 0 aromatic carbocycles. The summed E-state index contributed by atoms with van der Waals surface area (Å²) in [5, 5.41) is 0. The van der Waals surface area contributed by atoms with Gasteiger partial charge in [0, 0.05) is 0 Å². The summed E-state index contributed by atoms with van der Waals surface area (Å²) in [5.74, 6) is -0.0512. The number of carbonyl (C=O) groups is 1. The number of carbonyl (C=O) groups excluding carboxylic acids is 1. The third-order valence-corrected chi connectivity index (χ3v) is 3.85. The molecule has 1 fully saturated rings. The van der Waals surface area contributed by atoms with Crippen molar-refractivity contribution in [2.45, 2.75) is 32.0 Å². The summed E-state index contributed by atoms with van der Waals surface area (Å²) in [7, 11) is 0. The van der Waals surface area contributed by atoms with Gasteiger partial charge in [-0.25, -0.2) is 0 Å². The zero-order valence-corrected chi connectivity index (χ0v) is 12.5. The van der Waals surface area contributed by atoms with Crippen molar-refractivity contribution < 1.29 is 14.3 Å². The molecule has 0 saturated carbocycles. The van der Waals surface area contributed by atoms with E-state index in [4.69, 9.17) is 9.47 Å². The molecule has 1 saturated heterocycles. The van der Waals surface area contributed by atoms with Crippen molar-refractivity contribution in [3.05, 3.63) is 21.8 Å². The van der Waals surface area contributed by atoms with Crippen LogP contribution in [0, 0.1) is 5.92 Å². The molecule has 2 atom stereocenters. The van der Waals surface area contributed by atoms with E-state index in [1.165, 1.54) is 0 Å². The lowest BCUT2D eigenvalue weighted by Gasteiger charge is -2.30. The number of fused-ring (bicyclic) bond motifs is 1. The van der Waals surface area contributed by atoms with Crippen molar-refractivity contribution in [2.75, 3.05) is 13.2 Å². The Labute approximate surface area is 115 Å². The third-order valence-electron chi connectivity index (χ3n) is 3.05. The van der Waals surface area contributed by atoms with Gasteiger partial charge in [-0.15, -0.1) is 0 Å². The van der Waals surface area contributed by atoms with Gasteiger partial charge in [-0.05, 0) is 42.6 Å². The van der Waals surface area contributed by atoms with Crippen molar-refractivity contribution in [3.63, 3.8) is 0 Å². The van der Waals surface area contributed by atoms with Crippen molar-refractivity contribution in [3.8, 4) is 0 Å². The minimum atomic E-state index is -0.568. The van der Waals surface area contributed by atoms with Gasteiger partial charge < -0.3 is 9.47 Å². The molecule has 0 amide bonds. The van der Waals surface area contributed by atoms with Crippen LogP contribution in [-0.4, -0.2) is 30.2 Å². The number of ether oxygens (including phenoxy) is 2. The van der Waals surface area contributed by atoms with Gasteiger partial charge >= 0.3 is 0 Å². The Bertz CT molecular complexity index is 392. The van der Waals surface area contributed by atoms with Crippen LogP contribution >= 0.6 is 22.6 Å². The topological polar surface area (TPSA) is 35.5 Å². The normalized spacial score (nSPS) is 34.7. The van der Waals surface area contributed by atoms with Crippen LogP contribution in [0.5, 0.6) is 0 Å². The van der Waals surface area contributed by atoms with Gasteiger partial charge in [-0.1, -0.05) is 22.6 Å². The lowest BCUT2D eigenvalue weighted by atomic mass is 9.87. The number of allylic oxidation sites excluding steroid dienone is 1. The molecule has 1 heterocycles. The molecule has 1 aliphatic heterocycles. The first-order valence-electron chi connectivity index (χ1n) is 5.68. The Balaban J connectivity index is 2.19. The highest BCUT2D eigenvalue weighted by molar-refractivity contribution is 14.1. The van der Waals surface area contributed by atoms with Crippen LogP contribution in [0.3, 0.4) is 0 Å². The number of ketones is 1. The molecule has 2 aliphatic rings. The molecular formula is C13H17IO3. The van der Waals surface area contributed by atoms with Gasteiger partial charge in [0.15, 0.2) is 5.78 Å². The highest BCUT2D eigenvalue weighted by Gasteiger charge is 2.52. The second kappa shape index (κ2) is 4.48. The lowest BCUT2D eigenvalue weighted by Crippen LogP contribution is -2.41. The number of halogens is 1. The second-order valence-electron chi connectivity index (χ2n) is 5.50. The maximum Gasteiger partial charge on any atom is 0.166 e. The minimum Gasteiger partial charge on any atom is -0.372 e. The monoisotopic (exact) mass is 348 g/mol. The molecule has 0 spiro atoms. The minimum absolute atomic E-state index is 0.128. The first-order valence-corrected chi connectivity index (χ1v) is 6.93. The quantitative estimate of drug-likeness (QED) is 0.720. The van der Waals surface area contributed by atoms with Gasteiger partial charge in [-0.3, -0.25) is 4.79 Å². The predicted octanol–water partition coefficient (Wildman–Crippen LogP) is 2.64. The summed E-state index contributed by atoms with van der Waals surface area (Å²) in [6.45, 7) is 6.96. The lowest BCUT2D eigenvalue weighted by molar-refractivity contribution is -0.126. The largest absolute Gasteiger partial charge is 0.372 e. The highest BCUT2D eigenvalue weighted by atomic mass is 127. The van der Waals surface area contributed by atoms with Crippen LogP contribution in [0.4, 0.5) is 0 Å². The zero-order valence-electron chi connectivity index (χ0n) is 10.3. The number of hydrogen-bond acceptors (Lipinski definition) is 3. The van der Waals surface area contributed by atoms with Crippen LogP contribution < -0.4 is 0 Å². The average molecular weight is 348 g/mol.